The zero-order valence-electron chi connectivity index (χ0n) is 14.2. The summed E-state index contributed by atoms with van der Waals surface area (Å²) >= 11 is 1.37. The van der Waals surface area contributed by atoms with Gasteiger partial charge in [-0.15, -0.1) is 5.10 Å². The molecule has 1 fully saturated rings. The number of benzene rings is 1. The second-order valence-electron chi connectivity index (χ2n) is 6.41. The largest absolute Gasteiger partial charge is 0.492 e. The van der Waals surface area contributed by atoms with Gasteiger partial charge in [-0.2, -0.15) is 4.52 Å². The van der Waals surface area contributed by atoms with E-state index < -0.39 is 0 Å². The molecule has 1 aliphatic heterocycles. The topological polar surface area (TPSA) is 56.9 Å². The van der Waals surface area contributed by atoms with Crippen molar-refractivity contribution in [3.05, 3.63) is 46.3 Å². The fraction of sp³-hybridized carbons (Fsp3) is 0.412. The van der Waals surface area contributed by atoms with Crippen LogP contribution in [0.2, 0.25) is 0 Å². The SMILES string of the molecule is Cc1nc2sc([C@@H](c3ccccc3F)N3CCN(C)CC3)c(O)n2n1. The van der Waals surface area contributed by atoms with Crippen LogP contribution in [0.3, 0.4) is 0 Å². The first kappa shape index (κ1) is 16.4. The molecule has 0 unspecified atom stereocenters. The maximum atomic E-state index is 14.6. The molecule has 1 saturated heterocycles. The van der Waals surface area contributed by atoms with Crippen molar-refractivity contribution in [3.8, 4) is 5.88 Å². The third kappa shape index (κ3) is 2.90. The number of fused-ring (bicyclic) bond motifs is 1. The van der Waals surface area contributed by atoms with E-state index in [9.17, 15) is 9.50 Å². The van der Waals surface area contributed by atoms with Crippen LogP contribution in [0.4, 0.5) is 4.39 Å². The van der Waals surface area contributed by atoms with Gasteiger partial charge in [-0.25, -0.2) is 9.37 Å². The van der Waals surface area contributed by atoms with E-state index in [2.05, 4.69) is 26.9 Å². The predicted molar refractivity (Wildman–Crippen MR) is 94.6 cm³/mol. The number of nitrogens with zero attached hydrogens (tertiary/aromatic N) is 5. The summed E-state index contributed by atoms with van der Waals surface area (Å²) in [4.78, 5) is 10.1. The Morgan fingerprint density at radius 1 is 1.20 bits per heavy atom. The molecule has 1 atom stereocenters. The molecule has 4 rings (SSSR count). The Morgan fingerprint density at radius 2 is 1.92 bits per heavy atom. The number of piperazine rings is 1. The van der Waals surface area contributed by atoms with Crippen molar-refractivity contribution in [2.24, 2.45) is 0 Å². The first-order chi connectivity index (χ1) is 12.0. The van der Waals surface area contributed by atoms with E-state index in [0.29, 0.717) is 21.2 Å². The summed E-state index contributed by atoms with van der Waals surface area (Å²) in [7, 11) is 2.08. The molecule has 25 heavy (non-hydrogen) atoms. The minimum atomic E-state index is -0.344. The highest BCUT2D eigenvalue weighted by Gasteiger charge is 2.32. The van der Waals surface area contributed by atoms with Crippen molar-refractivity contribution in [3.63, 3.8) is 0 Å². The Hall–Kier alpha value is -2.03. The standard InChI is InChI=1S/C17H20FN5OS/c1-11-19-17-23(20-11)16(24)15(25-17)14(12-5-3-4-6-13(12)18)22-9-7-21(2)8-10-22/h3-6,14,24H,7-10H2,1-2H3/t14-/m1/s1. The molecule has 8 heteroatoms. The van der Waals surface area contributed by atoms with Crippen molar-refractivity contribution in [2.45, 2.75) is 13.0 Å². The van der Waals surface area contributed by atoms with Crippen molar-refractivity contribution >= 4 is 16.3 Å². The van der Waals surface area contributed by atoms with Crippen LogP contribution in [-0.2, 0) is 0 Å². The van der Waals surface area contributed by atoms with Gasteiger partial charge in [0.2, 0.25) is 10.8 Å². The number of rotatable bonds is 3. The van der Waals surface area contributed by atoms with E-state index in [1.54, 1.807) is 19.1 Å². The maximum Gasteiger partial charge on any atom is 0.230 e. The van der Waals surface area contributed by atoms with Gasteiger partial charge < -0.3 is 10.0 Å². The van der Waals surface area contributed by atoms with Gasteiger partial charge in [-0.05, 0) is 20.0 Å². The van der Waals surface area contributed by atoms with Crippen molar-refractivity contribution in [2.75, 3.05) is 33.2 Å². The number of hydrogen-bond acceptors (Lipinski definition) is 6. The molecule has 132 valence electrons. The van der Waals surface area contributed by atoms with Crippen LogP contribution in [0.15, 0.2) is 24.3 Å². The summed E-state index contributed by atoms with van der Waals surface area (Å²) in [6, 6.07) is 6.43. The van der Waals surface area contributed by atoms with Gasteiger partial charge in [0.05, 0.1) is 10.9 Å². The quantitative estimate of drug-likeness (QED) is 0.776. The molecule has 1 N–H and O–H groups in total. The molecule has 0 amide bonds. The smallest absolute Gasteiger partial charge is 0.230 e. The van der Waals surface area contributed by atoms with Crippen LogP contribution in [-0.4, -0.2) is 62.7 Å². The number of thiazole rings is 1. The van der Waals surface area contributed by atoms with Gasteiger partial charge in [-0.1, -0.05) is 29.5 Å². The molecule has 2 aromatic heterocycles. The number of hydrogen-bond donors (Lipinski definition) is 1. The van der Waals surface area contributed by atoms with E-state index in [1.165, 1.54) is 21.9 Å². The van der Waals surface area contributed by atoms with Crippen LogP contribution in [0, 0.1) is 12.7 Å². The Bertz CT molecular complexity index is 900. The van der Waals surface area contributed by atoms with E-state index >= 15 is 0 Å². The zero-order valence-corrected chi connectivity index (χ0v) is 15.0. The third-order valence-electron chi connectivity index (χ3n) is 4.66. The Balaban J connectivity index is 1.83. The zero-order chi connectivity index (χ0) is 17.6. The van der Waals surface area contributed by atoms with Crippen LogP contribution < -0.4 is 0 Å². The minimum absolute atomic E-state index is 0.0489. The average Bonchev–Trinajstić information content (AvgIpc) is 3.09. The van der Waals surface area contributed by atoms with Gasteiger partial charge in [0.15, 0.2) is 0 Å². The Morgan fingerprint density at radius 3 is 2.60 bits per heavy atom. The number of aromatic hydroxyl groups is 1. The number of aromatic nitrogens is 3. The Labute approximate surface area is 149 Å². The molecule has 0 aliphatic carbocycles. The summed E-state index contributed by atoms with van der Waals surface area (Å²) in [5, 5.41) is 15.0. The summed E-state index contributed by atoms with van der Waals surface area (Å²) in [5.74, 6) is 0.393. The number of likely N-dealkylation sites (N-methyl/N-ethyl adjacent to an activating group) is 1. The van der Waals surface area contributed by atoms with E-state index in [0.717, 1.165) is 26.2 Å². The Kier molecular flexibility index (Phi) is 4.18. The normalized spacial score (nSPS) is 18.0. The lowest BCUT2D eigenvalue weighted by Gasteiger charge is -2.37. The molecule has 3 aromatic rings. The van der Waals surface area contributed by atoms with Crippen LogP contribution in [0.25, 0.3) is 4.96 Å². The highest BCUT2D eigenvalue weighted by Crippen LogP contribution is 2.40. The van der Waals surface area contributed by atoms with Gasteiger partial charge >= 0.3 is 0 Å². The van der Waals surface area contributed by atoms with Crippen LogP contribution >= 0.6 is 11.3 Å². The molecular formula is C17H20FN5OS. The number of aryl methyl sites for hydroxylation is 1. The second-order valence-corrected chi connectivity index (χ2v) is 7.42. The summed E-state index contributed by atoms with van der Waals surface area (Å²) in [5.41, 5.74) is 0.573. The summed E-state index contributed by atoms with van der Waals surface area (Å²) in [6.07, 6.45) is 0. The second kappa shape index (κ2) is 6.36. The fourth-order valence-electron chi connectivity index (χ4n) is 3.31. The predicted octanol–water partition coefficient (Wildman–Crippen LogP) is 2.28. The highest BCUT2D eigenvalue weighted by atomic mass is 32.1. The van der Waals surface area contributed by atoms with Gasteiger partial charge in [0.25, 0.3) is 0 Å². The molecule has 0 saturated carbocycles. The molecule has 0 bridgehead atoms. The highest BCUT2D eigenvalue weighted by molar-refractivity contribution is 7.17. The van der Waals surface area contributed by atoms with Gasteiger partial charge in [0.1, 0.15) is 11.6 Å². The summed E-state index contributed by atoms with van der Waals surface area (Å²) < 4.78 is 16.0. The van der Waals surface area contributed by atoms with Crippen LogP contribution in [0.5, 0.6) is 5.88 Å². The average molecular weight is 361 g/mol. The minimum Gasteiger partial charge on any atom is -0.492 e. The van der Waals surface area contributed by atoms with Crippen molar-refractivity contribution in [1.29, 1.82) is 0 Å². The maximum absolute atomic E-state index is 14.6. The molecule has 6 nitrogen and oxygen atoms in total. The lowest BCUT2D eigenvalue weighted by Crippen LogP contribution is -2.46. The molecular weight excluding hydrogens is 341 g/mol. The van der Waals surface area contributed by atoms with Gasteiger partial charge in [-0.3, -0.25) is 4.90 Å². The first-order valence-electron chi connectivity index (χ1n) is 8.26. The number of halogens is 1. The van der Waals surface area contributed by atoms with E-state index in [1.807, 2.05) is 6.07 Å². The first-order valence-corrected chi connectivity index (χ1v) is 9.08. The summed E-state index contributed by atoms with van der Waals surface area (Å²) in [6.45, 7) is 5.22. The van der Waals surface area contributed by atoms with E-state index in [-0.39, 0.29) is 17.7 Å². The van der Waals surface area contributed by atoms with Crippen molar-refractivity contribution in [1.82, 2.24) is 24.4 Å². The molecule has 0 radical (unpaired) electrons. The van der Waals surface area contributed by atoms with Crippen LogP contribution in [0.1, 0.15) is 22.3 Å². The molecule has 3 heterocycles. The molecule has 1 aromatic carbocycles. The van der Waals surface area contributed by atoms with E-state index in [4.69, 9.17) is 0 Å². The molecule has 1 aliphatic rings. The third-order valence-corrected chi connectivity index (χ3v) is 5.73. The lowest BCUT2D eigenvalue weighted by atomic mass is 10.0. The van der Waals surface area contributed by atoms with Crippen molar-refractivity contribution < 1.29 is 9.50 Å². The van der Waals surface area contributed by atoms with Gasteiger partial charge in [0, 0.05) is 31.7 Å². The monoisotopic (exact) mass is 361 g/mol. The molecule has 0 spiro atoms. The lowest BCUT2D eigenvalue weighted by molar-refractivity contribution is 0.125. The fourth-order valence-corrected chi connectivity index (χ4v) is 4.46.